The van der Waals surface area contributed by atoms with Gasteiger partial charge in [-0.3, -0.25) is 19.0 Å². The van der Waals surface area contributed by atoms with Gasteiger partial charge in [0.15, 0.2) is 5.43 Å². The zero-order valence-electron chi connectivity index (χ0n) is 10.0. The lowest BCUT2D eigenvalue weighted by Gasteiger charge is -2.11. The Morgan fingerprint density at radius 2 is 1.79 bits per heavy atom. The average molecular weight is 255 g/mol. The van der Waals surface area contributed by atoms with Gasteiger partial charge in [0, 0.05) is 28.9 Å². The molecule has 0 fully saturated rings. The standard InChI is InChI=1S/C14H9NO4/c1-15-13(18)9-4-2-3-8-11(9)10(14(15)19)5-7(6-16)12(8)17/h2-6,16H,1H3. The molecule has 1 aromatic rings. The third-order valence-corrected chi connectivity index (χ3v) is 3.35. The maximum Gasteiger partial charge on any atom is 0.261 e. The van der Waals surface area contributed by atoms with E-state index in [1.807, 2.05) is 0 Å². The quantitative estimate of drug-likeness (QED) is 0.604. The van der Waals surface area contributed by atoms with Crippen molar-refractivity contribution in [2.24, 2.45) is 7.05 Å². The Balaban J connectivity index is 2.86. The second kappa shape index (κ2) is 3.65. The summed E-state index contributed by atoms with van der Waals surface area (Å²) in [5, 5.41) is 9.71. The first-order valence-electron chi connectivity index (χ1n) is 5.63. The molecule has 3 rings (SSSR count). The number of aromatic nitrogens is 1. The zero-order chi connectivity index (χ0) is 13.7. The minimum absolute atomic E-state index is 0.0377. The van der Waals surface area contributed by atoms with E-state index >= 15 is 0 Å². The molecule has 0 bridgehead atoms. The van der Waals surface area contributed by atoms with Gasteiger partial charge in [-0.25, -0.2) is 0 Å². The van der Waals surface area contributed by atoms with Crippen LogP contribution >= 0.6 is 0 Å². The van der Waals surface area contributed by atoms with Crippen LogP contribution in [0, 0.1) is 0 Å². The van der Waals surface area contributed by atoms with Crippen molar-refractivity contribution in [2.75, 3.05) is 0 Å². The van der Waals surface area contributed by atoms with Gasteiger partial charge < -0.3 is 5.11 Å². The molecule has 0 saturated carbocycles. The topological polar surface area (TPSA) is 76.4 Å². The van der Waals surface area contributed by atoms with E-state index in [0.29, 0.717) is 17.2 Å². The van der Waals surface area contributed by atoms with E-state index < -0.39 is 16.5 Å². The van der Waals surface area contributed by atoms with E-state index in [4.69, 9.17) is 5.11 Å². The van der Waals surface area contributed by atoms with Crippen molar-refractivity contribution in [3.63, 3.8) is 0 Å². The van der Waals surface area contributed by atoms with Crippen LogP contribution in [-0.4, -0.2) is 9.67 Å². The number of hydrogen-bond acceptors (Lipinski definition) is 4. The van der Waals surface area contributed by atoms with Gasteiger partial charge in [-0.05, 0) is 12.1 Å². The second-order valence-electron chi connectivity index (χ2n) is 4.37. The van der Waals surface area contributed by atoms with Crippen molar-refractivity contribution < 1.29 is 5.11 Å². The monoisotopic (exact) mass is 255 g/mol. The van der Waals surface area contributed by atoms with Gasteiger partial charge in [-0.15, -0.1) is 0 Å². The molecule has 0 atom stereocenters. The second-order valence-corrected chi connectivity index (χ2v) is 4.37. The SMILES string of the molecule is Cn1c(=O)c2cc(=CO)c(=O)c3cccc(c3-2)c1=O. The first-order chi connectivity index (χ1) is 9.06. The number of pyridine rings is 1. The fourth-order valence-corrected chi connectivity index (χ4v) is 2.38. The molecule has 0 spiro atoms. The van der Waals surface area contributed by atoms with Crippen molar-refractivity contribution in [1.29, 1.82) is 0 Å². The lowest BCUT2D eigenvalue weighted by atomic mass is 9.95. The Morgan fingerprint density at radius 1 is 1.11 bits per heavy atom. The van der Waals surface area contributed by atoms with Crippen LogP contribution in [0.3, 0.4) is 0 Å². The molecular formula is C14H9NO4. The first-order valence-corrected chi connectivity index (χ1v) is 5.63. The van der Waals surface area contributed by atoms with Crippen molar-refractivity contribution >= 4 is 17.0 Å². The van der Waals surface area contributed by atoms with Crippen molar-refractivity contribution in [2.45, 2.75) is 0 Å². The highest BCUT2D eigenvalue weighted by molar-refractivity contribution is 5.96. The molecule has 1 aliphatic heterocycles. The third-order valence-electron chi connectivity index (χ3n) is 3.35. The lowest BCUT2D eigenvalue weighted by Crippen LogP contribution is -2.36. The summed E-state index contributed by atoms with van der Waals surface area (Å²) in [5.74, 6) is 0. The number of aliphatic hydroxyl groups excluding tert-OH is 1. The summed E-state index contributed by atoms with van der Waals surface area (Å²) in [6, 6.07) is 6.04. The summed E-state index contributed by atoms with van der Waals surface area (Å²) >= 11 is 0. The van der Waals surface area contributed by atoms with Gasteiger partial charge in [0.1, 0.15) is 0 Å². The summed E-state index contributed by atoms with van der Waals surface area (Å²) < 4.78 is 1.00. The van der Waals surface area contributed by atoms with Crippen LogP contribution in [0.1, 0.15) is 0 Å². The van der Waals surface area contributed by atoms with E-state index in [1.54, 1.807) is 18.2 Å². The maximum atomic E-state index is 12.1. The van der Waals surface area contributed by atoms with Crippen LogP contribution in [0.4, 0.5) is 0 Å². The minimum atomic E-state index is -0.475. The molecule has 0 radical (unpaired) electrons. The van der Waals surface area contributed by atoms with E-state index in [-0.39, 0.29) is 16.2 Å². The number of nitrogens with zero attached hydrogens (tertiary/aromatic N) is 1. The third kappa shape index (κ3) is 1.32. The van der Waals surface area contributed by atoms with Gasteiger partial charge >= 0.3 is 0 Å². The Morgan fingerprint density at radius 3 is 2.47 bits per heavy atom. The van der Waals surface area contributed by atoms with Crippen LogP contribution in [0.5, 0.6) is 0 Å². The normalized spacial score (nSPS) is 12.6. The molecule has 5 nitrogen and oxygen atoms in total. The Hall–Kier alpha value is -2.69. The number of aliphatic hydroxyl groups is 1. The predicted octanol–water partition coefficient (Wildman–Crippen LogP) is -0.184. The molecule has 2 aliphatic rings. The number of rotatable bonds is 0. The van der Waals surface area contributed by atoms with Gasteiger partial charge in [-0.2, -0.15) is 0 Å². The van der Waals surface area contributed by atoms with Gasteiger partial charge in [0.2, 0.25) is 0 Å². The van der Waals surface area contributed by atoms with Crippen LogP contribution in [0.15, 0.2) is 38.6 Å². The molecule has 0 unspecified atom stereocenters. The zero-order valence-corrected chi connectivity index (χ0v) is 10.0. The molecule has 1 aliphatic carbocycles. The molecule has 19 heavy (non-hydrogen) atoms. The van der Waals surface area contributed by atoms with Crippen molar-refractivity contribution in [3.8, 4) is 11.1 Å². The molecule has 1 N–H and O–H groups in total. The molecule has 0 amide bonds. The summed E-state index contributed by atoms with van der Waals surface area (Å²) in [5.41, 5.74) is -0.674. The highest BCUT2D eigenvalue weighted by Gasteiger charge is 2.19. The van der Waals surface area contributed by atoms with Gasteiger partial charge in [0.25, 0.3) is 11.1 Å². The molecule has 94 valence electrons. The minimum Gasteiger partial charge on any atom is -0.515 e. The number of benzene rings is 2. The first kappa shape index (κ1) is 11.4. The largest absolute Gasteiger partial charge is 0.515 e. The van der Waals surface area contributed by atoms with Crippen LogP contribution < -0.4 is 21.8 Å². The maximum absolute atomic E-state index is 12.1. The summed E-state index contributed by atoms with van der Waals surface area (Å²) in [4.78, 5) is 36.2. The number of hydrogen-bond donors (Lipinski definition) is 1. The van der Waals surface area contributed by atoms with Gasteiger partial charge in [-0.1, -0.05) is 12.1 Å². The van der Waals surface area contributed by atoms with E-state index in [9.17, 15) is 14.4 Å². The summed E-state index contributed by atoms with van der Waals surface area (Å²) in [6.45, 7) is 0. The molecule has 5 heteroatoms. The molecular weight excluding hydrogens is 246 g/mol. The van der Waals surface area contributed by atoms with Crippen LogP contribution in [0.2, 0.25) is 0 Å². The lowest BCUT2D eigenvalue weighted by molar-refractivity contribution is 0.540. The molecule has 0 saturated heterocycles. The fraction of sp³-hybridized carbons (Fsp3) is 0.0714. The van der Waals surface area contributed by atoms with E-state index in [1.165, 1.54) is 13.1 Å². The van der Waals surface area contributed by atoms with Crippen LogP contribution in [0.25, 0.3) is 28.2 Å². The Labute approximate surface area is 106 Å². The van der Waals surface area contributed by atoms with Crippen molar-refractivity contribution in [3.05, 3.63) is 60.4 Å². The highest BCUT2D eigenvalue weighted by atomic mass is 16.2. The van der Waals surface area contributed by atoms with E-state index in [2.05, 4.69) is 0 Å². The Bertz CT molecular complexity index is 987. The average Bonchev–Trinajstić information content (AvgIpc) is 2.44. The molecule has 0 aromatic heterocycles. The fourth-order valence-electron chi connectivity index (χ4n) is 2.38. The van der Waals surface area contributed by atoms with Crippen LogP contribution in [-0.2, 0) is 7.05 Å². The van der Waals surface area contributed by atoms with Gasteiger partial charge in [0.05, 0.1) is 11.5 Å². The molecule has 1 heterocycles. The van der Waals surface area contributed by atoms with E-state index in [0.717, 1.165) is 4.57 Å². The highest BCUT2D eigenvalue weighted by Crippen LogP contribution is 2.23. The summed E-state index contributed by atoms with van der Waals surface area (Å²) in [7, 11) is 1.39. The Kier molecular flexibility index (Phi) is 2.19. The predicted molar refractivity (Wildman–Crippen MR) is 71.8 cm³/mol. The summed E-state index contributed by atoms with van der Waals surface area (Å²) in [6.07, 6.45) is 0.675. The van der Waals surface area contributed by atoms with Crippen molar-refractivity contribution in [1.82, 2.24) is 4.57 Å². The molecule has 1 aromatic carbocycles. The smallest absolute Gasteiger partial charge is 0.261 e.